The number of thiocarbonyl (C=S) groups is 1. The summed E-state index contributed by atoms with van der Waals surface area (Å²) in [5.74, 6) is 1.42. The van der Waals surface area contributed by atoms with Gasteiger partial charge in [0.25, 0.3) is 5.91 Å². The molecule has 1 saturated heterocycles. The quantitative estimate of drug-likeness (QED) is 0.591. The van der Waals surface area contributed by atoms with Gasteiger partial charge in [0.05, 0.1) is 19.1 Å². The van der Waals surface area contributed by atoms with Gasteiger partial charge in [-0.1, -0.05) is 43.2 Å². The lowest BCUT2D eigenvalue weighted by Gasteiger charge is -2.29. The standard InChI is InChI=1S/C18H21NO3S2/c1-21-14-8-12(9-15(11-14)22-2)10-16-17(20)19(18(23)24-16)13-6-4-3-5-7-13/h8-11,13H,3-7H2,1-2H3/b16-10-. The van der Waals surface area contributed by atoms with E-state index in [1.807, 2.05) is 29.2 Å². The smallest absolute Gasteiger partial charge is 0.266 e. The van der Waals surface area contributed by atoms with Crippen LogP contribution in [-0.2, 0) is 4.79 Å². The molecule has 0 radical (unpaired) electrons. The fourth-order valence-corrected chi connectivity index (χ4v) is 4.60. The van der Waals surface area contributed by atoms with Crippen molar-refractivity contribution in [3.05, 3.63) is 28.7 Å². The summed E-state index contributed by atoms with van der Waals surface area (Å²) in [6, 6.07) is 5.84. The minimum atomic E-state index is 0.0266. The van der Waals surface area contributed by atoms with Crippen molar-refractivity contribution in [1.82, 2.24) is 4.90 Å². The normalized spacial score (nSPS) is 20.8. The Morgan fingerprint density at radius 3 is 2.33 bits per heavy atom. The van der Waals surface area contributed by atoms with Crippen LogP contribution in [0.5, 0.6) is 11.5 Å². The van der Waals surface area contributed by atoms with E-state index in [0.29, 0.717) is 20.7 Å². The molecule has 24 heavy (non-hydrogen) atoms. The van der Waals surface area contributed by atoms with Crippen molar-refractivity contribution in [2.24, 2.45) is 0 Å². The molecule has 0 N–H and O–H groups in total. The molecule has 0 atom stereocenters. The Morgan fingerprint density at radius 2 is 1.75 bits per heavy atom. The van der Waals surface area contributed by atoms with E-state index in [1.165, 1.54) is 31.0 Å². The molecule has 3 rings (SSSR count). The van der Waals surface area contributed by atoms with E-state index in [2.05, 4.69) is 0 Å². The average Bonchev–Trinajstić information content (AvgIpc) is 2.88. The number of hydrogen-bond acceptors (Lipinski definition) is 5. The Labute approximate surface area is 152 Å². The number of amides is 1. The predicted octanol–water partition coefficient (Wildman–Crippen LogP) is 4.24. The van der Waals surface area contributed by atoms with Gasteiger partial charge in [0.2, 0.25) is 0 Å². The minimum absolute atomic E-state index is 0.0266. The first-order valence-corrected chi connectivity index (χ1v) is 9.35. The van der Waals surface area contributed by atoms with Gasteiger partial charge in [0.1, 0.15) is 15.8 Å². The van der Waals surface area contributed by atoms with Crippen LogP contribution in [0.1, 0.15) is 37.7 Å². The third-order valence-corrected chi connectivity index (χ3v) is 5.77. The summed E-state index contributed by atoms with van der Waals surface area (Å²) >= 11 is 6.85. The van der Waals surface area contributed by atoms with Crippen molar-refractivity contribution in [2.45, 2.75) is 38.1 Å². The molecule has 1 aliphatic heterocycles. The van der Waals surface area contributed by atoms with Gasteiger partial charge in [-0.3, -0.25) is 9.69 Å². The summed E-state index contributed by atoms with van der Waals surface area (Å²) in [7, 11) is 3.22. The molecule has 1 heterocycles. The Bertz CT molecular complexity index is 659. The Hall–Kier alpha value is -1.53. The van der Waals surface area contributed by atoms with Crippen molar-refractivity contribution in [1.29, 1.82) is 0 Å². The maximum atomic E-state index is 12.8. The number of benzene rings is 1. The summed E-state index contributed by atoms with van der Waals surface area (Å²) in [6.45, 7) is 0. The molecule has 4 nitrogen and oxygen atoms in total. The Morgan fingerprint density at radius 1 is 1.12 bits per heavy atom. The van der Waals surface area contributed by atoms with Crippen molar-refractivity contribution in [3.63, 3.8) is 0 Å². The first kappa shape index (κ1) is 17.3. The Balaban J connectivity index is 1.86. The highest BCUT2D eigenvalue weighted by Gasteiger charge is 2.37. The third kappa shape index (κ3) is 3.59. The summed E-state index contributed by atoms with van der Waals surface area (Å²) in [5, 5.41) is 0. The molecule has 0 unspecified atom stereocenters. The van der Waals surface area contributed by atoms with Crippen LogP contribution in [0.25, 0.3) is 6.08 Å². The zero-order valence-electron chi connectivity index (χ0n) is 13.9. The topological polar surface area (TPSA) is 38.8 Å². The fourth-order valence-electron chi connectivity index (χ4n) is 3.20. The van der Waals surface area contributed by atoms with Gasteiger partial charge in [0, 0.05) is 12.1 Å². The maximum Gasteiger partial charge on any atom is 0.266 e. The molecule has 0 spiro atoms. The third-order valence-electron chi connectivity index (χ3n) is 4.43. The highest BCUT2D eigenvalue weighted by molar-refractivity contribution is 8.26. The van der Waals surface area contributed by atoms with Gasteiger partial charge in [-0.05, 0) is 36.6 Å². The largest absolute Gasteiger partial charge is 0.497 e. The first-order valence-electron chi connectivity index (χ1n) is 8.12. The molecule has 2 aliphatic rings. The molecule has 0 aromatic heterocycles. The molecule has 1 amide bonds. The Kier molecular flexibility index (Phi) is 5.46. The van der Waals surface area contributed by atoms with E-state index in [9.17, 15) is 4.79 Å². The molecule has 1 aromatic carbocycles. The van der Waals surface area contributed by atoms with E-state index in [1.54, 1.807) is 14.2 Å². The average molecular weight is 364 g/mol. The number of rotatable bonds is 4. The number of ether oxygens (including phenoxy) is 2. The number of nitrogens with zero attached hydrogens (tertiary/aromatic N) is 1. The zero-order chi connectivity index (χ0) is 17.1. The van der Waals surface area contributed by atoms with Crippen LogP contribution in [0, 0.1) is 0 Å². The van der Waals surface area contributed by atoms with Crippen LogP contribution in [0.2, 0.25) is 0 Å². The molecule has 1 aliphatic carbocycles. The summed E-state index contributed by atoms with van der Waals surface area (Å²) < 4.78 is 11.3. The van der Waals surface area contributed by atoms with Crippen molar-refractivity contribution in [3.8, 4) is 11.5 Å². The van der Waals surface area contributed by atoms with Crippen molar-refractivity contribution in [2.75, 3.05) is 14.2 Å². The minimum Gasteiger partial charge on any atom is -0.497 e. The van der Waals surface area contributed by atoms with Crippen molar-refractivity contribution < 1.29 is 14.3 Å². The van der Waals surface area contributed by atoms with Crippen molar-refractivity contribution >= 4 is 40.3 Å². The lowest BCUT2D eigenvalue weighted by atomic mass is 9.94. The molecular weight excluding hydrogens is 342 g/mol. The van der Waals surface area contributed by atoms with Gasteiger partial charge in [-0.2, -0.15) is 0 Å². The van der Waals surface area contributed by atoms with Crippen LogP contribution in [0.3, 0.4) is 0 Å². The highest BCUT2D eigenvalue weighted by atomic mass is 32.2. The fraction of sp³-hybridized carbons (Fsp3) is 0.444. The molecule has 0 bridgehead atoms. The summed E-state index contributed by atoms with van der Waals surface area (Å²) in [6.07, 6.45) is 7.57. The van der Waals surface area contributed by atoms with Crippen LogP contribution in [0.15, 0.2) is 23.1 Å². The molecular formula is C18H21NO3S2. The first-order chi connectivity index (χ1) is 11.6. The highest BCUT2D eigenvalue weighted by Crippen LogP contribution is 2.37. The zero-order valence-corrected chi connectivity index (χ0v) is 15.5. The van der Waals surface area contributed by atoms with Gasteiger partial charge in [0.15, 0.2) is 0 Å². The second kappa shape index (κ2) is 7.57. The van der Waals surface area contributed by atoms with E-state index >= 15 is 0 Å². The lowest BCUT2D eigenvalue weighted by molar-refractivity contribution is -0.124. The van der Waals surface area contributed by atoms with Gasteiger partial charge >= 0.3 is 0 Å². The number of thioether (sulfide) groups is 1. The predicted molar refractivity (Wildman–Crippen MR) is 101 cm³/mol. The SMILES string of the molecule is COc1cc(/C=C2\SC(=S)N(C3CCCCC3)C2=O)cc(OC)c1. The van der Waals surface area contributed by atoms with Crippen LogP contribution >= 0.6 is 24.0 Å². The van der Waals surface area contributed by atoms with Gasteiger partial charge < -0.3 is 9.47 Å². The van der Waals surface area contributed by atoms with Gasteiger partial charge in [-0.25, -0.2) is 0 Å². The molecule has 1 saturated carbocycles. The maximum absolute atomic E-state index is 12.8. The second-order valence-electron chi connectivity index (χ2n) is 5.99. The molecule has 2 fully saturated rings. The lowest BCUT2D eigenvalue weighted by Crippen LogP contribution is -2.39. The van der Waals surface area contributed by atoms with E-state index in [0.717, 1.165) is 18.4 Å². The number of carbonyl (C=O) groups excluding carboxylic acids is 1. The second-order valence-corrected chi connectivity index (χ2v) is 7.67. The molecule has 6 heteroatoms. The van der Waals surface area contributed by atoms with Crippen LogP contribution in [-0.4, -0.2) is 35.4 Å². The molecule has 1 aromatic rings. The van der Waals surface area contributed by atoms with E-state index in [4.69, 9.17) is 21.7 Å². The van der Waals surface area contributed by atoms with E-state index < -0.39 is 0 Å². The monoisotopic (exact) mass is 363 g/mol. The van der Waals surface area contributed by atoms with Gasteiger partial charge in [-0.15, -0.1) is 0 Å². The van der Waals surface area contributed by atoms with E-state index in [-0.39, 0.29) is 11.9 Å². The number of carbonyl (C=O) groups is 1. The number of methoxy groups -OCH3 is 2. The molecule has 128 valence electrons. The summed E-state index contributed by atoms with van der Waals surface area (Å²) in [5.41, 5.74) is 0.871. The van der Waals surface area contributed by atoms with Crippen LogP contribution in [0.4, 0.5) is 0 Å². The van der Waals surface area contributed by atoms with Crippen LogP contribution < -0.4 is 9.47 Å². The number of hydrogen-bond donors (Lipinski definition) is 0. The summed E-state index contributed by atoms with van der Waals surface area (Å²) in [4.78, 5) is 15.3.